The highest BCUT2D eigenvalue weighted by Crippen LogP contribution is 2.15. The van der Waals surface area contributed by atoms with Gasteiger partial charge in [0.15, 0.2) is 0 Å². The van der Waals surface area contributed by atoms with Crippen molar-refractivity contribution in [1.82, 2.24) is 9.55 Å². The van der Waals surface area contributed by atoms with Crippen LogP contribution in [-0.2, 0) is 17.9 Å². The molecule has 1 aromatic carbocycles. The molecule has 2 heterocycles. The Morgan fingerprint density at radius 1 is 1.30 bits per heavy atom. The number of fused-ring (bicyclic) bond motifs is 1. The van der Waals surface area contributed by atoms with Gasteiger partial charge < -0.3 is 14.0 Å². The number of rotatable bonds is 4. The molecule has 0 atom stereocenters. The smallest absolute Gasteiger partial charge is 0.135 e. The first-order chi connectivity index (χ1) is 9.85. The number of aromatic nitrogens is 2. The van der Waals surface area contributed by atoms with Gasteiger partial charge in [-0.1, -0.05) is 18.2 Å². The van der Waals surface area contributed by atoms with E-state index in [4.69, 9.17) is 9.47 Å². The normalized spacial score (nSPS) is 14.4. The van der Waals surface area contributed by atoms with Crippen molar-refractivity contribution in [3.05, 3.63) is 47.5 Å². The van der Waals surface area contributed by atoms with Gasteiger partial charge in [-0.15, -0.1) is 0 Å². The third kappa shape index (κ3) is 2.91. The van der Waals surface area contributed by atoms with Crippen LogP contribution in [0.4, 0.5) is 0 Å². The van der Waals surface area contributed by atoms with E-state index < -0.39 is 0 Å². The molecule has 0 fully saturated rings. The third-order valence-corrected chi connectivity index (χ3v) is 3.22. The second kappa shape index (κ2) is 5.92. The van der Waals surface area contributed by atoms with Crippen molar-refractivity contribution in [1.29, 1.82) is 0 Å². The molecule has 1 aliphatic rings. The van der Waals surface area contributed by atoms with E-state index in [-0.39, 0.29) is 0 Å². The Labute approximate surface area is 118 Å². The Hall–Kier alpha value is -2.07. The van der Waals surface area contributed by atoms with E-state index in [1.54, 1.807) is 0 Å². The summed E-state index contributed by atoms with van der Waals surface area (Å²) < 4.78 is 13.0. The number of hydrogen-bond acceptors (Lipinski definition) is 3. The van der Waals surface area contributed by atoms with Crippen molar-refractivity contribution in [2.75, 3.05) is 13.2 Å². The van der Waals surface area contributed by atoms with Gasteiger partial charge in [0.2, 0.25) is 0 Å². The van der Waals surface area contributed by atoms with Crippen LogP contribution in [0.3, 0.4) is 0 Å². The van der Waals surface area contributed by atoms with Gasteiger partial charge in [0.25, 0.3) is 0 Å². The minimum absolute atomic E-state index is 0.608. The first-order valence-electron chi connectivity index (χ1n) is 6.90. The fraction of sp³-hybridized carbons (Fsp3) is 0.312. The summed E-state index contributed by atoms with van der Waals surface area (Å²) in [5.74, 6) is 1.90. The molecule has 0 aliphatic carbocycles. The van der Waals surface area contributed by atoms with E-state index in [0.717, 1.165) is 36.0 Å². The van der Waals surface area contributed by atoms with Crippen molar-refractivity contribution in [3.8, 4) is 5.75 Å². The van der Waals surface area contributed by atoms with Gasteiger partial charge in [0.05, 0.1) is 18.9 Å². The SMILES string of the molecule is CCOc1ccc(C=Cc2cn3c(n2)COCC3)cc1. The second-order valence-electron chi connectivity index (χ2n) is 4.66. The summed E-state index contributed by atoms with van der Waals surface area (Å²) in [4.78, 5) is 4.54. The van der Waals surface area contributed by atoms with Crippen LogP contribution in [-0.4, -0.2) is 22.8 Å². The maximum Gasteiger partial charge on any atom is 0.135 e. The van der Waals surface area contributed by atoms with Crippen molar-refractivity contribution in [2.24, 2.45) is 0 Å². The molecule has 0 spiro atoms. The molecule has 0 bridgehead atoms. The summed E-state index contributed by atoms with van der Waals surface area (Å²) in [6, 6.07) is 8.05. The maximum atomic E-state index is 5.43. The van der Waals surface area contributed by atoms with Gasteiger partial charge in [-0.05, 0) is 30.7 Å². The summed E-state index contributed by atoms with van der Waals surface area (Å²) in [5, 5.41) is 0. The molecule has 0 radical (unpaired) electrons. The lowest BCUT2D eigenvalue weighted by molar-refractivity contribution is 0.0816. The monoisotopic (exact) mass is 270 g/mol. The predicted octanol–water partition coefficient (Wildman–Crippen LogP) is 2.98. The topological polar surface area (TPSA) is 36.3 Å². The molecule has 3 rings (SSSR count). The molecule has 4 nitrogen and oxygen atoms in total. The van der Waals surface area contributed by atoms with Crippen LogP contribution in [0, 0.1) is 0 Å². The Balaban J connectivity index is 1.71. The zero-order valence-corrected chi connectivity index (χ0v) is 11.6. The third-order valence-electron chi connectivity index (χ3n) is 3.22. The number of imidazole rings is 1. The van der Waals surface area contributed by atoms with Crippen LogP contribution in [0.15, 0.2) is 30.5 Å². The minimum atomic E-state index is 0.608. The average Bonchev–Trinajstić information content (AvgIpc) is 2.90. The fourth-order valence-electron chi connectivity index (χ4n) is 2.22. The van der Waals surface area contributed by atoms with Gasteiger partial charge in [-0.3, -0.25) is 0 Å². The van der Waals surface area contributed by atoms with E-state index in [1.807, 2.05) is 37.3 Å². The standard InChI is InChI=1S/C16H18N2O2/c1-2-20-15-7-4-13(5-8-15)3-6-14-11-18-9-10-19-12-16(18)17-14/h3-8,11H,2,9-10,12H2,1H3. The van der Waals surface area contributed by atoms with Crippen molar-refractivity contribution in [3.63, 3.8) is 0 Å². The molecule has 0 saturated heterocycles. The zero-order chi connectivity index (χ0) is 13.8. The molecule has 0 unspecified atom stereocenters. The van der Waals surface area contributed by atoms with Gasteiger partial charge in [0, 0.05) is 12.7 Å². The molecular formula is C16H18N2O2. The van der Waals surface area contributed by atoms with Crippen LogP contribution in [0.1, 0.15) is 24.0 Å². The van der Waals surface area contributed by atoms with E-state index in [9.17, 15) is 0 Å². The fourth-order valence-corrected chi connectivity index (χ4v) is 2.22. The average molecular weight is 270 g/mol. The highest BCUT2D eigenvalue weighted by atomic mass is 16.5. The molecule has 1 aromatic heterocycles. The molecule has 20 heavy (non-hydrogen) atoms. The summed E-state index contributed by atoms with van der Waals surface area (Å²) in [7, 11) is 0. The number of benzene rings is 1. The van der Waals surface area contributed by atoms with Crippen LogP contribution in [0.5, 0.6) is 5.75 Å². The highest BCUT2D eigenvalue weighted by molar-refractivity contribution is 5.68. The first-order valence-corrected chi connectivity index (χ1v) is 6.90. The van der Waals surface area contributed by atoms with E-state index >= 15 is 0 Å². The van der Waals surface area contributed by atoms with Crippen molar-refractivity contribution >= 4 is 12.2 Å². The zero-order valence-electron chi connectivity index (χ0n) is 11.6. The Morgan fingerprint density at radius 2 is 2.15 bits per heavy atom. The second-order valence-corrected chi connectivity index (χ2v) is 4.66. The highest BCUT2D eigenvalue weighted by Gasteiger charge is 2.10. The number of ether oxygens (including phenoxy) is 2. The lowest BCUT2D eigenvalue weighted by Crippen LogP contribution is -2.15. The van der Waals surface area contributed by atoms with Crippen LogP contribution < -0.4 is 4.74 Å². The van der Waals surface area contributed by atoms with Crippen molar-refractivity contribution < 1.29 is 9.47 Å². The summed E-state index contributed by atoms with van der Waals surface area (Å²) in [6.07, 6.45) is 6.16. The maximum absolute atomic E-state index is 5.43. The molecule has 0 N–H and O–H groups in total. The predicted molar refractivity (Wildman–Crippen MR) is 78.4 cm³/mol. The van der Waals surface area contributed by atoms with E-state index in [2.05, 4.69) is 21.8 Å². The van der Waals surface area contributed by atoms with Gasteiger partial charge >= 0.3 is 0 Å². The molecule has 0 saturated carbocycles. The van der Waals surface area contributed by atoms with Gasteiger partial charge in [-0.25, -0.2) is 4.98 Å². The van der Waals surface area contributed by atoms with Crippen LogP contribution >= 0.6 is 0 Å². The van der Waals surface area contributed by atoms with Gasteiger partial charge in [0.1, 0.15) is 18.2 Å². The van der Waals surface area contributed by atoms with Crippen molar-refractivity contribution in [2.45, 2.75) is 20.1 Å². The Morgan fingerprint density at radius 3 is 2.90 bits per heavy atom. The van der Waals surface area contributed by atoms with E-state index in [0.29, 0.717) is 13.2 Å². The largest absolute Gasteiger partial charge is 0.494 e. The lowest BCUT2D eigenvalue weighted by atomic mass is 10.2. The lowest BCUT2D eigenvalue weighted by Gasteiger charge is -2.13. The molecule has 1 aliphatic heterocycles. The van der Waals surface area contributed by atoms with Crippen LogP contribution in [0.25, 0.3) is 12.2 Å². The van der Waals surface area contributed by atoms with E-state index in [1.165, 1.54) is 0 Å². The minimum Gasteiger partial charge on any atom is -0.494 e. The molecule has 104 valence electrons. The molecule has 2 aromatic rings. The number of nitrogens with zero attached hydrogens (tertiary/aromatic N) is 2. The summed E-state index contributed by atoms with van der Waals surface area (Å²) in [6.45, 7) is 4.94. The quantitative estimate of drug-likeness (QED) is 0.857. The summed E-state index contributed by atoms with van der Waals surface area (Å²) >= 11 is 0. The molecule has 4 heteroatoms. The molecule has 0 amide bonds. The van der Waals surface area contributed by atoms with Crippen LogP contribution in [0.2, 0.25) is 0 Å². The number of hydrogen-bond donors (Lipinski definition) is 0. The van der Waals surface area contributed by atoms with Gasteiger partial charge in [-0.2, -0.15) is 0 Å². The molecular weight excluding hydrogens is 252 g/mol. The first kappa shape index (κ1) is 12.9. The Bertz CT molecular complexity index is 576. The summed E-state index contributed by atoms with van der Waals surface area (Å²) in [5.41, 5.74) is 2.11. The Kier molecular flexibility index (Phi) is 3.83.